The first kappa shape index (κ1) is 16.3. The fourth-order valence-electron chi connectivity index (χ4n) is 2.05. The highest BCUT2D eigenvalue weighted by Crippen LogP contribution is 2.19. The van der Waals surface area contributed by atoms with Gasteiger partial charge in [-0.3, -0.25) is 0 Å². The van der Waals surface area contributed by atoms with Gasteiger partial charge in [0.1, 0.15) is 6.61 Å². The number of aliphatic hydroxyl groups excluding tert-OH is 1. The molecule has 0 aliphatic heterocycles. The molecule has 116 valence electrons. The maximum atomic E-state index is 11.9. The molecule has 0 saturated carbocycles. The smallest absolute Gasteiger partial charge is 0.407 e. The van der Waals surface area contributed by atoms with Gasteiger partial charge < -0.3 is 15.2 Å². The van der Waals surface area contributed by atoms with E-state index >= 15 is 0 Å². The Morgan fingerprint density at radius 2 is 1.82 bits per heavy atom. The Labute approximate surface area is 134 Å². The Balaban J connectivity index is 1.92. The van der Waals surface area contributed by atoms with Crippen LogP contribution in [-0.2, 0) is 11.3 Å². The molecule has 0 bridgehead atoms. The topological polar surface area (TPSA) is 58.6 Å². The average Bonchev–Trinajstić information content (AvgIpc) is 2.54. The quantitative estimate of drug-likeness (QED) is 0.853. The Morgan fingerprint density at radius 1 is 1.14 bits per heavy atom. The number of carbonyl (C=O) groups is 1. The van der Waals surface area contributed by atoms with Crippen molar-refractivity contribution in [2.75, 3.05) is 6.61 Å². The molecule has 0 heterocycles. The van der Waals surface area contributed by atoms with Gasteiger partial charge in [0.25, 0.3) is 0 Å². The molecule has 0 aliphatic carbocycles. The number of alkyl carbamates (subject to hydrolysis) is 1. The molecule has 2 rings (SSSR count). The van der Waals surface area contributed by atoms with Crippen LogP contribution in [0.25, 0.3) is 0 Å². The predicted molar refractivity (Wildman–Crippen MR) is 85.7 cm³/mol. The zero-order valence-corrected chi connectivity index (χ0v) is 12.8. The van der Waals surface area contributed by atoms with Crippen molar-refractivity contribution in [3.05, 3.63) is 70.7 Å². The summed E-state index contributed by atoms with van der Waals surface area (Å²) in [5.41, 5.74) is 1.79. The third kappa shape index (κ3) is 5.06. The van der Waals surface area contributed by atoms with Crippen LogP contribution in [0.1, 0.15) is 23.6 Å². The summed E-state index contributed by atoms with van der Waals surface area (Å²) >= 11 is 5.86. The molecule has 0 fully saturated rings. The van der Waals surface area contributed by atoms with Crippen molar-refractivity contribution in [1.82, 2.24) is 5.32 Å². The van der Waals surface area contributed by atoms with Crippen molar-refractivity contribution in [2.45, 2.75) is 19.1 Å². The summed E-state index contributed by atoms with van der Waals surface area (Å²) < 4.78 is 5.19. The van der Waals surface area contributed by atoms with Crippen LogP contribution in [0.3, 0.4) is 0 Å². The van der Waals surface area contributed by atoms with Crippen molar-refractivity contribution in [3.63, 3.8) is 0 Å². The van der Waals surface area contributed by atoms with Gasteiger partial charge in [0.15, 0.2) is 0 Å². The maximum Gasteiger partial charge on any atom is 0.407 e. The van der Waals surface area contributed by atoms with E-state index in [-0.39, 0.29) is 19.3 Å². The van der Waals surface area contributed by atoms with E-state index in [9.17, 15) is 4.79 Å². The summed E-state index contributed by atoms with van der Waals surface area (Å²) in [5.74, 6) is 0. The van der Waals surface area contributed by atoms with Crippen molar-refractivity contribution in [3.8, 4) is 0 Å². The average molecular weight is 320 g/mol. The lowest BCUT2D eigenvalue weighted by molar-refractivity contribution is 0.133. The van der Waals surface area contributed by atoms with Crippen LogP contribution in [0.2, 0.25) is 5.02 Å². The zero-order valence-electron chi connectivity index (χ0n) is 12.0. The van der Waals surface area contributed by atoms with Crippen molar-refractivity contribution in [2.24, 2.45) is 0 Å². The summed E-state index contributed by atoms with van der Waals surface area (Å²) in [6.45, 7) is 0.172. The molecule has 1 amide bonds. The lowest BCUT2D eigenvalue weighted by Crippen LogP contribution is -2.29. The molecule has 0 spiro atoms. The summed E-state index contributed by atoms with van der Waals surface area (Å²) in [5, 5.41) is 12.5. The fourth-order valence-corrected chi connectivity index (χ4v) is 2.18. The van der Waals surface area contributed by atoms with Gasteiger partial charge in [-0.2, -0.15) is 0 Å². The zero-order chi connectivity index (χ0) is 15.8. The van der Waals surface area contributed by atoms with E-state index in [0.717, 1.165) is 11.1 Å². The van der Waals surface area contributed by atoms with Crippen LogP contribution in [0, 0.1) is 0 Å². The molecule has 0 radical (unpaired) electrons. The van der Waals surface area contributed by atoms with Crippen LogP contribution >= 0.6 is 11.6 Å². The molecule has 2 aromatic rings. The van der Waals surface area contributed by atoms with Crippen LogP contribution in [-0.4, -0.2) is 17.8 Å². The number of hydrogen-bond acceptors (Lipinski definition) is 3. The highest BCUT2D eigenvalue weighted by Gasteiger charge is 2.15. The van der Waals surface area contributed by atoms with Gasteiger partial charge in [0.05, 0.1) is 6.04 Å². The molecular formula is C17H18ClNO3. The number of carbonyl (C=O) groups excluding carboxylic acids is 1. The molecule has 0 aliphatic rings. The highest BCUT2D eigenvalue weighted by atomic mass is 35.5. The molecule has 2 N–H and O–H groups in total. The number of nitrogens with one attached hydrogen (secondary N) is 1. The second-order valence-corrected chi connectivity index (χ2v) is 5.26. The lowest BCUT2D eigenvalue weighted by atomic mass is 10.0. The van der Waals surface area contributed by atoms with Crippen LogP contribution in [0.15, 0.2) is 54.6 Å². The van der Waals surface area contributed by atoms with Crippen molar-refractivity contribution < 1.29 is 14.6 Å². The number of hydrogen-bond donors (Lipinski definition) is 2. The highest BCUT2D eigenvalue weighted by molar-refractivity contribution is 6.30. The van der Waals surface area contributed by atoms with E-state index in [1.54, 1.807) is 12.1 Å². The maximum absolute atomic E-state index is 11.9. The number of ether oxygens (including phenoxy) is 1. The monoisotopic (exact) mass is 319 g/mol. The van der Waals surface area contributed by atoms with Gasteiger partial charge in [0, 0.05) is 11.6 Å². The van der Waals surface area contributed by atoms with Crippen molar-refractivity contribution >= 4 is 17.7 Å². The van der Waals surface area contributed by atoms with Gasteiger partial charge in [0.2, 0.25) is 0 Å². The molecule has 0 saturated heterocycles. The van der Waals surface area contributed by atoms with Crippen molar-refractivity contribution in [1.29, 1.82) is 0 Å². The van der Waals surface area contributed by atoms with E-state index in [4.69, 9.17) is 21.4 Å². The number of aliphatic hydroxyl groups is 1. The normalized spacial score (nSPS) is 11.7. The number of rotatable bonds is 6. The Bertz CT molecular complexity index is 587. The number of amides is 1. The first-order chi connectivity index (χ1) is 10.7. The summed E-state index contributed by atoms with van der Waals surface area (Å²) in [7, 11) is 0. The molecule has 2 aromatic carbocycles. The molecular weight excluding hydrogens is 302 g/mol. The molecule has 5 heteroatoms. The molecule has 4 nitrogen and oxygen atoms in total. The van der Waals surface area contributed by atoms with Gasteiger partial charge in [-0.15, -0.1) is 0 Å². The fraction of sp³-hybridized carbons (Fsp3) is 0.235. The second-order valence-electron chi connectivity index (χ2n) is 4.82. The first-order valence-corrected chi connectivity index (χ1v) is 7.40. The summed E-state index contributed by atoms with van der Waals surface area (Å²) in [6, 6.07) is 16.3. The molecule has 0 aromatic heterocycles. The van der Waals surface area contributed by atoms with E-state index in [0.29, 0.717) is 11.4 Å². The summed E-state index contributed by atoms with van der Waals surface area (Å²) in [4.78, 5) is 11.9. The van der Waals surface area contributed by atoms with Crippen LogP contribution in [0.4, 0.5) is 4.79 Å². The molecule has 0 unspecified atom stereocenters. The van der Waals surface area contributed by atoms with Crippen LogP contribution < -0.4 is 5.32 Å². The Kier molecular flexibility index (Phi) is 6.25. The van der Waals surface area contributed by atoms with Gasteiger partial charge in [-0.05, 0) is 29.7 Å². The standard InChI is InChI=1S/C17H18ClNO3/c18-15-8-6-14(7-9-15)16(10-11-20)19-17(21)22-12-13-4-2-1-3-5-13/h1-9,16,20H,10-12H2,(H,19,21)/t16-/m0/s1. The number of benzene rings is 2. The lowest BCUT2D eigenvalue weighted by Gasteiger charge is -2.18. The third-order valence-electron chi connectivity index (χ3n) is 3.19. The second kappa shape index (κ2) is 8.41. The van der Waals surface area contributed by atoms with Gasteiger partial charge >= 0.3 is 6.09 Å². The summed E-state index contributed by atoms with van der Waals surface area (Å²) in [6.07, 6.45) is -0.112. The van der Waals surface area contributed by atoms with E-state index < -0.39 is 6.09 Å². The molecule has 1 atom stereocenters. The minimum atomic E-state index is -0.516. The minimum Gasteiger partial charge on any atom is -0.445 e. The number of halogens is 1. The van der Waals surface area contributed by atoms with Gasteiger partial charge in [-0.1, -0.05) is 54.1 Å². The predicted octanol–water partition coefficient (Wildman–Crippen LogP) is 3.69. The Morgan fingerprint density at radius 3 is 2.45 bits per heavy atom. The van der Waals surface area contributed by atoms with Gasteiger partial charge in [-0.25, -0.2) is 4.79 Å². The largest absolute Gasteiger partial charge is 0.445 e. The Hall–Kier alpha value is -2.04. The first-order valence-electron chi connectivity index (χ1n) is 7.02. The van der Waals surface area contributed by atoms with E-state index in [2.05, 4.69) is 5.32 Å². The minimum absolute atomic E-state index is 0.0355. The third-order valence-corrected chi connectivity index (χ3v) is 3.45. The SMILES string of the molecule is O=C(N[C@@H](CCO)c1ccc(Cl)cc1)OCc1ccccc1. The molecule has 22 heavy (non-hydrogen) atoms. The van der Waals surface area contributed by atoms with Crippen LogP contribution in [0.5, 0.6) is 0 Å². The van der Waals surface area contributed by atoms with E-state index in [1.165, 1.54) is 0 Å². The van der Waals surface area contributed by atoms with E-state index in [1.807, 2.05) is 42.5 Å².